The fraction of sp³-hybridized carbons (Fsp3) is 0.333. The number of aryl methyl sites for hydroxylation is 1. The molecule has 0 radical (unpaired) electrons. The van der Waals surface area contributed by atoms with Gasteiger partial charge < -0.3 is 24.7 Å². The predicted molar refractivity (Wildman–Crippen MR) is 133 cm³/mol. The number of benzene rings is 1. The second kappa shape index (κ2) is 9.08. The second-order valence-corrected chi connectivity index (χ2v) is 9.28. The van der Waals surface area contributed by atoms with Crippen LogP contribution in [0.2, 0.25) is 5.02 Å². The monoisotopic (exact) mass is 478 g/mol. The Balaban J connectivity index is 1.37. The van der Waals surface area contributed by atoms with E-state index in [1.54, 1.807) is 18.6 Å². The Morgan fingerprint density at radius 1 is 1.18 bits per heavy atom. The van der Waals surface area contributed by atoms with Crippen LogP contribution in [0.4, 0.5) is 11.6 Å². The summed E-state index contributed by atoms with van der Waals surface area (Å²) in [6.45, 7) is 2.00. The molecule has 1 aliphatic heterocycles. The second-order valence-electron chi connectivity index (χ2n) is 8.87. The van der Waals surface area contributed by atoms with Crippen LogP contribution in [0.15, 0.2) is 43.0 Å². The van der Waals surface area contributed by atoms with Gasteiger partial charge in [0.15, 0.2) is 0 Å². The van der Waals surface area contributed by atoms with Gasteiger partial charge >= 0.3 is 0 Å². The summed E-state index contributed by atoms with van der Waals surface area (Å²) in [5, 5.41) is 4.57. The highest BCUT2D eigenvalue weighted by Crippen LogP contribution is 2.30. The number of likely N-dealkylation sites (tertiary alicyclic amines) is 1. The molecule has 0 atom stereocenters. The van der Waals surface area contributed by atoms with Crippen LogP contribution in [0, 0.1) is 0 Å². The molecule has 2 N–H and O–H groups in total. The van der Waals surface area contributed by atoms with Crippen LogP contribution < -0.4 is 5.32 Å². The maximum Gasteiger partial charge on any atom is 0.270 e. The Morgan fingerprint density at radius 2 is 1.97 bits per heavy atom. The average Bonchev–Trinajstić information content (AvgIpc) is 3.45. The molecule has 10 heteroatoms. The first-order valence-electron chi connectivity index (χ1n) is 11.2. The van der Waals surface area contributed by atoms with Crippen molar-refractivity contribution in [2.75, 3.05) is 32.5 Å². The summed E-state index contributed by atoms with van der Waals surface area (Å²) in [4.78, 5) is 33.7. The topological polar surface area (TPSA) is 95.0 Å². The standard InChI is InChI=1S/C24H27ClN8O/c1-31-8-5-17(6-9-31)33(3)23(34)20-11-15-10-16(12-18(25)22(15)29-20)28-24-26-7-4-19(30-24)21-13-32(2)14-27-21/h4,7,10-14,17,29H,5-6,8-9H2,1-3H3,(H,26,28,30). The first-order chi connectivity index (χ1) is 16.4. The van der Waals surface area contributed by atoms with Gasteiger partial charge in [0.05, 0.1) is 22.6 Å². The van der Waals surface area contributed by atoms with Crippen molar-refractivity contribution in [2.24, 2.45) is 7.05 Å². The van der Waals surface area contributed by atoms with Gasteiger partial charge in [0.2, 0.25) is 5.95 Å². The summed E-state index contributed by atoms with van der Waals surface area (Å²) in [5.41, 5.74) is 3.48. The third-order valence-electron chi connectivity index (χ3n) is 6.35. The maximum atomic E-state index is 13.2. The van der Waals surface area contributed by atoms with E-state index in [0.717, 1.165) is 53.9 Å². The van der Waals surface area contributed by atoms with Crippen molar-refractivity contribution in [1.29, 1.82) is 0 Å². The van der Waals surface area contributed by atoms with E-state index in [-0.39, 0.29) is 11.9 Å². The van der Waals surface area contributed by atoms with Crippen molar-refractivity contribution in [1.82, 2.24) is 34.3 Å². The minimum absolute atomic E-state index is 0.0253. The summed E-state index contributed by atoms with van der Waals surface area (Å²) in [5.74, 6) is 0.412. The minimum Gasteiger partial charge on any atom is -0.349 e. The van der Waals surface area contributed by atoms with Gasteiger partial charge in [-0.1, -0.05) is 11.6 Å². The Morgan fingerprint density at radius 3 is 2.71 bits per heavy atom. The van der Waals surface area contributed by atoms with E-state index >= 15 is 0 Å². The van der Waals surface area contributed by atoms with Crippen molar-refractivity contribution in [3.8, 4) is 11.4 Å². The van der Waals surface area contributed by atoms with Crippen molar-refractivity contribution in [2.45, 2.75) is 18.9 Å². The lowest BCUT2D eigenvalue weighted by atomic mass is 10.0. The number of anilines is 2. The van der Waals surface area contributed by atoms with E-state index in [9.17, 15) is 4.79 Å². The lowest BCUT2D eigenvalue weighted by molar-refractivity contribution is 0.0654. The number of amides is 1. The number of nitrogens with zero attached hydrogens (tertiary/aromatic N) is 6. The van der Waals surface area contributed by atoms with Gasteiger partial charge in [-0.05, 0) is 57.2 Å². The Hall–Kier alpha value is -3.43. The molecule has 4 aromatic rings. The van der Waals surface area contributed by atoms with Gasteiger partial charge in [0.1, 0.15) is 11.4 Å². The molecule has 5 rings (SSSR count). The van der Waals surface area contributed by atoms with Crippen LogP contribution in [0.5, 0.6) is 0 Å². The van der Waals surface area contributed by atoms with Crippen LogP contribution in [0.1, 0.15) is 23.3 Å². The molecule has 0 bridgehead atoms. The van der Waals surface area contributed by atoms with Gasteiger partial charge in [-0.2, -0.15) is 0 Å². The highest BCUT2D eigenvalue weighted by atomic mass is 35.5. The number of piperidine rings is 1. The molecule has 34 heavy (non-hydrogen) atoms. The summed E-state index contributed by atoms with van der Waals surface area (Å²) < 4.78 is 1.87. The van der Waals surface area contributed by atoms with Crippen molar-refractivity contribution < 1.29 is 4.79 Å². The van der Waals surface area contributed by atoms with Gasteiger partial charge in [-0.15, -0.1) is 0 Å². The number of halogens is 1. The fourth-order valence-corrected chi connectivity index (χ4v) is 4.64. The SMILES string of the molecule is CN1CCC(N(C)C(=O)c2cc3cc(Nc4nccc(-c5cn(C)cn5)n4)cc(Cl)c3[nH]2)CC1. The Bertz CT molecular complexity index is 1340. The molecule has 1 aromatic carbocycles. The molecular weight excluding hydrogens is 452 g/mol. The number of fused-ring (bicyclic) bond motifs is 1. The average molecular weight is 479 g/mol. The quantitative estimate of drug-likeness (QED) is 0.451. The first kappa shape index (κ1) is 22.4. The molecule has 0 spiro atoms. The van der Waals surface area contributed by atoms with Gasteiger partial charge in [0, 0.05) is 43.6 Å². The number of hydrogen-bond donors (Lipinski definition) is 2. The predicted octanol–water partition coefficient (Wildman–Crippen LogP) is 3.92. The molecule has 1 aliphatic rings. The van der Waals surface area contributed by atoms with Crippen LogP contribution in [0.3, 0.4) is 0 Å². The number of aromatic nitrogens is 5. The zero-order chi connectivity index (χ0) is 23.8. The molecule has 9 nitrogen and oxygen atoms in total. The highest BCUT2D eigenvalue weighted by Gasteiger charge is 2.26. The highest BCUT2D eigenvalue weighted by molar-refractivity contribution is 6.35. The first-order valence-corrected chi connectivity index (χ1v) is 11.6. The van der Waals surface area contributed by atoms with Crippen LogP contribution in [-0.4, -0.2) is 73.4 Å². The number of rotatable bonds is 5. The summed E-state index contributed by atoms with van der Waals surface area (Å²) in [6.07, 6.45) is 7.27. The van der Waals surface area contributed by atoms with E-state index < -0.39 is 0 Å². The fourth-order valence-electron chi connectivity index (χ4n) is 4.36. The number of carbonyl (C=O) groups is 1. The van der Waals surface area contributed by atoms with Crippen molar-refractivity contribution in [3.63, 3.8) is 0 Å². The lowest BCUT2D eigenvalue weighted by Crippen LogP contribution is -2.44. The third-order valence-corrected chi connectivity index (χ3v) is 6.64. The minimum atomic E-state index is -0.0253. The van der Waals surface area contributed by atoms with E-state index in [4.69, 9.17) is 11.6 Å². The molecule has 1 saturated heterocycles. The Kier molecular flexibility index (Phi) is 5.97. The third kappa shape index (κ3) is 4.49. The molecule has 0 saturated carbocycles. The van der Waals surface area contributed by atoms with Crippen molar-refractivity contribution >= 4 is 40.0 Å². The van der Waals surface area contributed by atoms with E-state index in [1.807, 2.05) is 48.0 Å². The van der Waals surface area contributed by atoms with E-state index in [0.29, 0.717) is 16.7 Å². The van der Waals surface area contributed by atoms with Crippen LogP contribution in [-0.2, 0) is 7.05 Å². The molecule has 0 unspecified atom stereocenters. The van der Waals surface area contributed by atoms with Crippen LogP contribution >= 0.6 is 11.6 Å². The molecule has 1 amide bonds. The van der Waals surface area contributed by atoms with E-state index in [1.165, 1.54) is 0 Å². The number of hydrogen-bond acceptors (Lipinski definition) is 6. The van der Waals surface area contributed by atoms with Gasteiger partial charge in [-0.3, -0.25) is 4.79 Å². The smallest absolute Gasteiger partial charge is 0.270 e. The number of imidazole rings is 1. The van der Waals surface area contributed by atoms with Gasteiger partial charge in [0.25, 0.3) is 5.91 Å². The summed E-state index contributed by atoms with van der Waals surface area (Å²) in [7, 11) is 5.91. The molecule has 176 valence electrons. The number of nitrogens with one attached hydrogen (secondary N) is 2. The summed E-state index contributed by atoms with van der Waals surface area (Å²) in [6, 6.07) is 7.64. The number of H-pyrrole nitrogens is 1. The normalized spacial score (nSPS) is 15.1. The van der Waals surface area contributed by atoms with E-state index in [2.05, 4.69) is 37.2 Å². The number of aromatic amines is 1. The maximum absolute atomic E-state index is 13.2. The van der Waals surface area contributed by atoms with Crippen molar-refractivity contribution in [3.05, 3.63) is 53.7 Å². The lowest BCUT2D eigenvalue weighted by Gasteiger charge is -2.34. The molecule has 3 aromatic heterocycles. The molecular formula is C24H27ClN8O. The largest absolute Gasteiger partial charge is 0.349 e. The Labute approximate surface area is 202 Å². The summed E-state index contributed by atoms with van der Waals surface area (Å²) >= 11 is 6.57. The molecule has 4 heterocycles. The number of carbonyl (C=O) groups excluding carboxylic acids is 1. The zero-order valence-corrected chi connectivity index (χ0v) is 20.2. The molecule has 1 fully saturated rings. The molecule has 0 aliphatic carbocycles. The zero-order valence-electron chi connectivity index (χ0n) is 19.4. The van der Waals surface area contributed by atoms with Crippen LogP contribution in [0.25, 0.3) is 22.3 Å². The van der Waals surface area contributed by atoms with Gasteiger partial charge in [-0.25, -0.2) is 15.0 Å².